The number of allylic oxidation sites excluding steroid dienone is 12. The topological polar surface area (TPSA) is 108 Å². The summed E-state index contributed by atoms with van der Waals surface area (Å²) in [5, 5.41) is 9.61. The second-order valence-corrected chi connectivity index (χ2v) is 18.1. The van der Waals surface area contributed by atoms with Crippen LogP contribution in [0.1, 0.15) is 200 Å². The average molecular weight is 899 g/mol. The standard InChI is InChI=1S/C55H95NO8/c1-6-8-10-12-14-15-16-17-18-19-20-21-22-23-24-25-26-27-28-29-30-31-32-33-34-35-36-37-38-39-40-42-44-46-53(58)64-51(49-62-52(57)45-43-41-13-11-9-7-2)50-63-55(54(59)60)61-48-47-56(3,4)5/h8,10,14-15,17-18,20-21,23-24,26-27,51,55H,6-7,9,11-13,16,19,22,25,28-50H2,1-5H3/p+1/b10-8-,15-14-,18-17-,21-20-,24-23-,27-26-. The first-order chi connectivity index (χ1) is 31.1. The Bertz CT molecular complexity index is 1280. The van der Waals surface area contributed by atoms with Gasteiger partial charge in [0.2, 0.25) is 0 Å². The van der Waals surface area contributed by atoms with Crippen LogP contribution in [0.3, 0.4) is 0 Å². The molecule has 0 heterocycles. The maximum absolute atomic E-state index is 12.7. The third-order valence-electron chi connectivity index (χ3n) is 10.7. The number of esters is 2. The lowest BCUT2D eigenvalue weighted by atomic mass is 10.0. The number of rotatable bonds is 46. The van der Waals surface area contributed by atoms with Gasteiger partial charge in [-0.2, -0.15) is 0 Å². The van der Waals surface area contributed by atoms with Gasteiger partial charge in [0, 0.05) is 12.8 Å². The molecule has 1 N–H and O–H groups in total. The zero-order valence-corrected chi connectivity index (χ0v) is 41.7. The number of nitrogens with zero attached hydrogens (tertiary/aromatic N) is 1. The smallest absolute Gasteiger partial charge is 0.361 e. The van der Waals surface area contributed by atoms with Crippen LogP contribution in [0.15, 0.2) is 72.9 Å². The number of likely N-dealkylation sites (N-methyl/N-ethyl adjacent to an activating group) is 1. The van der Waals surface area contributed by atoms with Gasteiger partial charge in [-0.05, 0) is 64.2 Å². The summed E-state index contributed by atoms with van der Waals surface area (Å²) in [7, 11) is 5.95. The number of carbonyl (C=O) groups is 3. The molecule has 2 atom stereocenters. The fourth-order valence-corrected chi connectivity index (χ4v) is 6.78. The van der Waals surface area contributed by atoms with E-state index in [-0.39, 0.29) is 32.2 Å². The summed E-state index contributed by atoms with van der Waals surface area (Å²) < 4.78 is 22.6. The first kappa shape index (κ1) is 60.7. The maximum atomic E-state index is 12.7. The Labute approximate surface area is 392 Å². The highest BCUT2D eigenvalue weighted by Crippen LogP contribution is 2.15. The van der Waals surface area contributed by atoms with Crippen molar-refractivity contribution in [2.45, 2.75) is 212 Å². The summed E-state index contributed by atoms with van der Waals surface area (Å²) in [6, 6.07) is 0. The van der Waals surface area contributed by atoms with Gasteiger partial charge in [0.15, 0.2) is 6.10 Å². The zero-order chi connectivity index (χ0) is 47.0. The number of hydrogen-bond acceptors (Lipinski definition) is 7. The van der Waals surface area contributed by atoms with E-state index in [0.29, 0.717) is 17.4 Å². The molecule has 0 fully saturated rings. The van der Waals surface area contributed by atoms with Gasteiger partial charge in [-0.15, -0.1) is 0 Å². The van der Waals surface area contributed by atoms with E-state index in [1.165, 1.54) is 89.9 Å². The van der Waals surface area contributed by atoms with E-state index in [1.807, 2.05) is 21.1 Å². The Morgan fingerprint density at radius 3 is 1.33 bits per heavy atom. The number of ether oxygens (including phenoxy) is 4. The van der Waals surface area contributed by atoms with E-state index < -0.39 is 24.3 Å². The van der Waals surface area contributed by atoms with Crippen LogP contribution < -0.4 is 0 Å². The normalized spacial score (nSPS) is 13.5. The van der Waals surface area contributed by atoms with Crippen molar-refractivity contribution in [3.63, 3.8) is 0 Å². The summed E-state index contributed by atoms with van der Waals surface area (Å²) >= 11 is 0. The van der Waals surface area contributed by atoms with Gasteiger partial charge < -0.3 is 28.5 Å². The Hall–Kier alpha value is -3.27. The first-order valence-electron chi connectivity index (χ1n) is 25.6. The first-order valence-corrected chi connectivity index (χ1v) is 25.6. The van der Waals surface area contributed by atoms with Gasteiger partial charge in [0.05, 0.1) is 34.4 Å². The van der Waals surface area contributed by atoms with Crippen LogP contribution in [0.4, 0.5) is 0 Å². The molecule has 0 spiro atoms. The third-order valence-corrected chi connectivity index (χ3v) is 10.7. The van der Waals surface area contributed by atoms with Crippen molar-refractivity contribution in [3.05, 3.63) is 72.9 Å². The van der Waals surface area contributed by atoms with Crippen LogP contribution >= 0.6 is 0 Å². The third kappa shape index (κ3) is 46.7. The molecule has 368 valence electrons. The molecule has 0 bridgehead atoms. The molecule has 0 rings (SSSR count). The number of quaternary nitrogens is 1. The molecule has 9 heteroatoms. The molecule has 2 unspecified atom stereocenters. The Morgan fingerprint density at radius 2 is 0.891 bits per heavy atom. The van der Waals surface area contributed by atoms with Crippen LogP contribution in [0.5, 0.6) is 0 Å². The van der Waals surface area contributed by atoms with E-state index in [0.717, 1.165) is 83.5 Å². The van der Waals surface area contributed by atoms with Crippen molar-refractivity contribution in [2.24, 2.45) is 0 Å². The highest BCUT2D eigenvalue weighted by molar-refractivity contribution is 5.71. The van der Waals surface area contributed by atoms with Crippen molar-refractivity contribution in [1.82, 2.24) is 0 Å². The minimum atomic E-state index is -1.51. The molecule has 0 saturated heterocycles. The Kier molecular flexibility index (Phi) is 43.9. The number of hydrogen-bond donors (Lipinski definition) is 1. The molecular weight excluding hydrogens is 803 g/mol. The summed E-state index contributed by atoms with van der Waals surface area (Å²) in [6.45, 7) is 4.68. The van der Waals surface area contributed by atoms with E-state index in [1.54, 1.807) is 0 Å². The molecule has 0 aromatic heterocycles. The van der Waals surface area contributed by atoms with Gasteiger partial charge in [-0.25, -0.2) is 4.79 Å². The van der Waals surface area contributed by atoms with Crippen LogP contribution in [0, 0.1) is 0 Å². The number of unbranched alkanes of at least 4 members (excludes halogenated alkanes) is 19. The zero-order valence-electron chi connectivity index (χ0n) is 41.7. The van der Waals surface area contributed by atoms with Gasteiger partial charge >= 0.3 is 17.9 Å². The number of carboxylic acid groups (broad SMARTS) is 1. The monoisotopic (exact) mass is 899 g/mol. The molecule has 0 radical (unpaired) electrons. The van der Waals surface area contributed by atoms with Crippen molar-refractivity contribution in [2.75, 3.05) is 47.5 Å². The van der Waals surface area contributed by atoms with Gasteiger partial charge in [-0.3, -0.25) is 9.59 Å². The molecule has 0 aromatic carbocycles. The summed E-state index contributed by atoms with van der Waals surface area (Å²) in [5.41, 5.74) is 0. The van der Waals surface area contributed by atoms with Crippen molar-refractivity contribution in [1.29, 1.82) is 0 Å². The molecule has 9 nitrogen and oxygen atoms in total. The van der Waals surface area contributed by atoms with Crippen LogP contribution in [0.2, 0.25) is 0 Å². The van der Waals surface area contributed by atoms with Crippen molar-refractivity contribution < 1.29 is 42.9 Å². The van der Waals surface area contributed by atoms with Crippen molar-refractivity contribution in [3.8, 4) is 0 Å². The summed E-state index contributed by atoms with van der Waals surface area (Å²) in [6.07, 6.45) is 55.9. The Morgan fingerprint density at radius 1 is 0.484 bits per heavy atom. The van der Waals surface area contributed by atoms with E-state index in [9.17, 15) is 19.5 Å². The molecule has 0 aliphatic heterocycles. The van der Waals surface area contributed by atoms with E-state index >= 15 is 0 Å². The SMILES string of the molecule is CC/C=C\C/C=C\C/C=C\C/C=C\C/C=C\C/C=C\CCCCCCCCCCCCCCCCC(=O)OC(COC(=O)CCCCCCCC)COC(OCC[N+](C)(C)C)C(=O)O. The van der Waals surface area contributed by atoms with Gasteiger partial charge in [-0.1, -0.05) is 196 Å². The predicted octanol–water partition coefficient (Wildman–Crippen LogP) is 14.3. The second kappa shape index (κ2) is 46.3. The number of carbonyl (C=O) groups excluding carboxylic acids is 2. The fourth-order valence-electron chi connectivity index (χ4n) is 6.78. The molecule has 0 aliphatic carbocycles. The minimum Gasteiger partial charge on any atom is -0.477 e. The molecule has 64 heavy (non-hydrogen) atoms. The average Bonchev–Trinajstić information content (AvgIpc) is 3.26. The number of carboxylic acids is 1. The lowest BCUT2D eigenvalue weighted by Gasteiger charge is -2.25. The van der Waals surface area contributed by atoms with E-state index in [2.05, 4.69) is 86.8 Å². The van der Waals surface area contributed by atoms with Gasteiger partial charge in [0.1, 0.15) is 13.2 Å². The van der Waals surface area contributed by atoms with Crippen LogP contribution in [0.25, 0.3) is 0 Å². The second-order valence-electron chi connectivity index (χ2n) is 18.1. The van der Waals surface area contributed by atoms with Crippen molar-refractivity contribution >= 4 is 17.9 Å². The molecule has 0 amide bonds. The lowest BCUT2D eigenvalue weighted by molar-refractivity contribution is -0.870. The quantitative estimate of drug-likeness (QED) is 0.0212. The summed E-state index contributed by atoms with van der Waals surface area (Å²) in [5.74, 6) is -2.02. The molecule has 0 aromatic rings. The van der Waals surface area contributed by atoms with E-state index in [4.69, 9.17) is 18.9 Å². The van der Waals surface area contributed by atoms with Crippen LogP contribution in [-0.4, -0.2) is 87.4 Å². The largest absolute Gasteiger partial charge is 0.477 e. The van der Waals surface area contributed by atoms with Crippen LogP contribution in [-0.2, 0) is 33.3 Å². The molecule has 0 aliphatic rings. The summed E-state index contributed by atoms with van der Waals surface area (Å²) in [4.78, 5) is 36.9. The molecule has 0 saturated carbocycles. The Balaban J connectivity index is 4.02. The highest BCUT2D eigenvalue weighted by atomic mass is 16.7. The predicted molar refractivity (Wildman–Crippen MR) is 267 cm³/mol. The lowest BCUT2D eigenvalue weighted by Crippen LogP contribution is -2.40. The molecular formula is C55H96NO8+. The fraction of sp³-hybridized carbons (Fsp3) is 0.727. The number of aliphatic carboxylic acids is 1. The maximum Gasteiger partial charge on any atom is 0.361 e. The highest BCUT2D eigenvalue weighted by Gasteiger charge is 2.25. The van der Waals surface area contributed by atoms with Gasteiger partial charge in [0.25, 0.3) is 6.29 Å². The minimum absolute atomic E-state index is 0.183.